The lowest BCUT2D eigenvalue weighted by atomic mass is 9.82. The molecule has 1 heterocycles. The normalized spacial score (nSPS) is 16.3. The molecule has 33 heavy (non-hydrogen) atoms. The summed E-state index contributed by atoms with van der Waals surface area (Å²) in [5.74, 6) is 0.142. The van der Waals surface area contributed by atoms with Crippen LogP contribution in [0, 0.1) is 0 Å². The van der Waals surface area contributed by atoms with Gasteiger partial charge in [-0.25, -0.2) is 0 Å². The zero-order chi connectivity index (χ0) is 23.8. The molecule has 1 amide bonds. The van der Waals surface area contributed by atoms with Crippen molar-refractivity contribution in [1.29, 1.82) is 0 Å². The second-order valence-electron chi connectivity index (χ2n) is 9.54. The second kappa shape index (κ2) is 9.03. The molecule has 1 N–H and O–H groups in total. The summed E-state index contributed by atoms with van der Waals surface area (Å²) < 4.78 is 0. The molecule has 4 nitrogen and oxygen atoms in total. The number of rotatable bonds is 4. The number of halogens is 1. The lowest BCUT2D eigenvalue weighted by molar-refractivity contribution is -0.119. The topological polar surface area (TPSA) is 52.9 Å². The number of benzodiazepines with no additional fused rings is 1. The third-order valence-corrected chi connectivity index (χ3v) is 6.36. The Morgan fingerprint density at radius 3 is 2.42 bits per heavy atom. The fourth-order valence-corrected chi connectivity index (χ4v) is 4.58. The minimum atomic E-state index is -0.530. The number of nitrogens with zero attached hydrogens (tertiary/aromatic N) is 2. The van der Waals surface area contributed by atoms with Crippen LogP contribution < -0.4 is 4.90 Å². The number of phenolic OH excluding ortho intramolecular Hbond substituents is 1. The highest BCUT2D eigenvalue weighted by Gasteiger charge is 2.30. The average Bonchev–Trinajstić information content (AvgIpc) is 2.88. The van der Waals surface area contributed by atoms with Crippen molar-refractivity contribution < 1.29 is 9.90 Å². The molecule has 1 aliphatic rings. The summed E-state index contributed by atoms with van der Waals surface area (Å²) in [6.45, 7) is 6.62. The average molecular weight is 461 g/mol. The molecule has 0 aromatic heterocycles. The van der Waals surface area contributed by atoms with Crippen LogP contribution in [0.2, 0.25) is 5.02 Å². The van der Waals surface area contributed by atoms with Gasteiger partial charge in [-0.1, -0.05) is 56.6 Å². The zero-order valence-electron chi connectivity index (χ0n) is 19.5. The van der Waals surface area contributed by atoms with Crippen LogP contribution in [0.3, 0.4) is 0 Å². The van der Waals surface area contributed by atoms with Crippen LogP contribution in [-0.2, 0) is 16.6 Å². The molecule has 0 bridgehead atoms. The van der Waals surface area contributed by atoms with Crippen LogP contribution in [-0.4, -0.2) is 29.8 Å². The first-order valence-corrected chi connectivity index (χ1v) is 11.6. The molecule has 5 heteroatoms. The van der Waals surface area contributed by atoms with Crippen molar-refractivity contribution in [2.45, 2.75) is 45.1 Å². The van der Waals surface area contributed by atoms with E-state index in [1.54, 1.807) is 30.1 Å². The first-order chi connectivity index (χ1) is 15.6. The maximum absolute atomic E-state index is 13.5. The zero-order valence-corrected chi connectivity index (χ0v) is 20.2. The summed E-state index contributed by atoms with van der Waals surface area (Å²) in [4.78, 5) is 20.1. The molecule has 1 unspecified atom stereocenters. The molecule has 0 aliphatic carbocycles. The maximum atomic E-state index is 13.5. The quantitative estimate of drug-likeness (QED) is 0.507. The van der Waals surface area contributed by atoms with E-state index in [0.29, 0.717) is 17.2 Å². The number of fused-ring (bicyclic) bond motifs is 1. The highest BCUT2D eigenvalue weighted by molar-refractivity contribution is 6.32. The molecule has 0 radical (unpaired) electrons. The predicted octanol–water partition coefficient (Wildman–Crippen LogP) is 6.16. The molecule has 0 spiro atoms. The van der Waals surface area contributed by atoms with Gasteiger partial charge in [-0.15, -0.1) is 0 Å². The number of amides is 1. The third kappa shape index (κ3) is 4.81. The molecular weight excluding hydrogens is 432 g/mol. The number of anilines is 1. The third-order valence-electron chi connectivity index (χ3n) is 6.13. The van der Waals surface area contributed by atoms with Crippen molar-refractivity contribution in [1.82, 2.24) is 0 Å². The van der Waals surface area contributed by atoms with Crippen LogP contribution in [0.15, 0.2) is 71.7 Å². The summed E-state index contributed by atoms with van der Waals surface area (Å²) in [6.07, 6.45) is 1.35. The molecule has 0 fully saturated rings. The lowest BCUT2D eigenvalue weighted by Crippen LogP contribution is -2.35. The minimum absolute atomic E-state index is 0.0221. The smallest absolute Gasteiger partial charge is 0.251 e. The number of hydrogen-bond acceptors (Lipinski definition) is 3. The first-order valence-electron chi connectivity index (χ1n) is 11.2. The van der Waals surface area contributed by atoms with E-state index in [4.69, 9.17) is 16.6 Å². The van der Waals surface area contributed by atoms with E-state index in [1.165, 1.54) is 11.1 Å². The second-order valence-corrected chi connectivity index (χ2v) is 9.98. The Balaban J connectivity index is 1.76. The molecule has 0 saturated heterocycles. The highest BCUT2D eigenvalue weighted by Crippen LogP contribution is 2.32. The Bertz CT molecular complexity index is 1210. The van der Waals surface area contributed by atoms with Crippen LogP contribution in [0.25, 0.3) is 0 Å². The van der Waals surface area contributed by atoms with Gasteiger partial charge in [0.2, 0.25) is 0 Å². The van der Waals surface area contributed by atoms with E-state index in [-0.39, 0.29) is 17.1 Å². The van der Waals surface area contributed by atoms with Crippen molar-refractivity contribution in [3.63, 3.8) is 0 Å². The summed E-state index contributed by atoms with van der Waals surface area (Å²) in [5.41, 5.74) is 5.67. The summed E-state index contributed by atoms with van der Waals surface area (Å²) in [5, 5.41) is 10.3. The van der Waals surface area contributed by atoms with Gasteiger partial charge in [0.25, 0.3) is 5.91 Å². The van der Waals surface area contributed by atoms with Gasteiger partial charge in [-0.3, -0.25) is 9.79 Å². The van der Waals surface area contributed by atoms with Gasteiger partial charge >= 0.3 is 0 Å². The maximum Gasteiger partial charge on any atom is 0.251 e. The van der Waals surface area contributed by atoms with Crippen molar-refractivity contribution in [3.8, 4) is 5.75 Å². The van der Waals surface area contributed by atoms with Crippen LogP contribution >= 0.6 is 11.6 Å². The van der Waals surface area contributed by atoms with Gasteiger partial charge in [-0.2, -0.15) is 0 Å². The first kappa shape index (κ1) is 23.1. The molecule has 3 aromatic rings. The number of hydrogen-bond donors (Lipinski definition) is 1. The number of benzene rings is 3. The fourth-order valence-electron chi connectivity index (χ4n) is 4.41. The number of carbonyl (C=O) groups is 1. The van der Waals surface area contributed by atoms with Crippen molar-refractivity contribution in [2.24, 2.45) is 4.99 Å². The summed E-state index contributed by atoms with van der Waals surface area (Å²) >= 11 is 6.33. The van der Waals surface area contributed by atoms with Crippen LogP contribution in [0.5, 0.6) is 5.75 Å². The standard InChI is InChI=1S/C28H29ClN2O2/c1-28(2,3)23-8-6-5-7-18(23)11-15-24-27(33)31(4)25-16-12-20(29)17-22(25)26(30-24)19-9-13-21(32)14-10-19/h5-10,12-14,16-17,24,32H,11,15H2,1-4H3. The number of carbonyl (C=O) groups excluding carboxylic acids is 1. The van der Waals surface area contributed by atoms with Crippen molar-refractivity contribution in [2.75, 3.05) is 11.9 Å². The molecule has 3 aromatic carbocycles. The van der Waals surface area contributed by atoms with Gasteiger partial charge < -0.3 is 10.0 Å². The van der Waals surface area contributed by atoms with Gasteiger partial charge in [0, 0.05) is 23.2 Å². The Kier molecular flexibility index (Phi) is 6.31. The van der Waals surface area contributed by atoms with E-state index in [9.17, 15) is 9.90 Å². The Morgan fingerprint density at radius 2 is 1.73 bits per heavy atom. The minimum Gasteiger partial charge on any atom is -0.508 e. The van der Waals surface area contributed by atoms with Crippen LogP contribution in [0.1, 0.15) is 49.4 Å². The Hall–Kier alpha value is -3.11. The van der Waals surface area contributed by atoms with Gasteiger partial charge in [0.15, 0.2) is 0 Å². The van der Waals surface area contributed by atoms with E-state index in [0.717, 1.165) is 23.2 Å². The van der Waals surface area contributed by atoms with E-state index < -0.39 is 6.04 Å². The van der Waals surface area contributed by atoms with E-state index in [1.807, 2.05) is 24.3 Å². The van der Waals surface area contributed by atoms with Crippen molar-refractivity contribution in [3.05, 3.63) is 94.0 Å². The number of phenols is 1. The molecular formula is C28H29ClN2O2. The number of aryl methyl sites for hydroxylation is 1. The Labute approximate surface area is 200 Å². The molecule has 170 valence electrons. The largest absolute Gasteiger partial charge is 0.508 e. The monoisotopic (exact) mass is 460 g/mol. The summed E-state index contributed by atoms with van der Waals surface area (Å²) in [7, 11) is 1.79. The fraction of sp³-hybridized carbons (Fsp3) is 0.286. The number of likely N-dealkylation sites (N-methyl/N-ethyl adjacent to an activating group) is 1. The van der Waals surface area contributed by atoms with Crippen LogP contribution in [0.4, 0.5) is 5.69 Å². The SMILES string of the molecule is CN1C(=O)C(CCc2ccccc2C(C)(C)C)N=C(c2ccc(O)cc2)c2cc(Cl)ccc21. The molecule has 1 atom stereocenters. The van der Waals surface area contributed by atoms with Gasteiger partial charge in [0.05, 0.1) is 11.4 Å². The van der Waals surface area contributed by atoms with Gasteiger partial charge in [0.1, 0.15) is 11.8 Å². The highest BCUT2D eigenvalue weighted by atomic mass is 35.5. The van der Waals surface area contributed by atoms with Gasteiger partial charge in [-0.05, 0) is 71.8 Å². The predicted molar refractivity (Wildman–Crippen MR) is 136 cm³/mol. The van der Waals surface area contributed by atoms with Crippen molar-refractivity contribution >= 4 is 28.9 Å². The number of aliphatic imine (C=N–C) groups is 1. The molecule has 4 rings (SSSR count). The number of aromatic hydroxyl groups is 1. The molecule has 1 aliphatic heterocycles. The Morgan fingerprint density at radius 1 is 1.03 bits per heavy atom. The van der Waals surface area contributed by atoms with E-state index in [2.05, 4.69) is 45.0 Å². The lowest BCUT2D eigenvalue weighted by Gasteiger charge is -2.24. The molecule has 0 saturated carbocycles. The van der Waals surface area contributed by atoms with E-state index >= 15 is 0 Å². The summed E-state index contributed by atoms with van der Waals surface area (Å²) in [6, 6.07) is 20.3.